The third-order valence-electron chi connectivity index (χ3n) is 5.87. The van der Waals surface area contributed by atoms with Crippen LogP contribution in [-0.4, -0.2) is 27.7 Å². The molecule has 0 aromatic carbocycles. The Morgan fingerprint density at radius 3 is 2.48 bits per heavy atom. The third-order valence-corrected chi connectivity index (χ3v) is 5.87. The molecule has 128 valence electrons. The summed E-state index contributed by atoms with van der Waals surface area (Å²) in [4.78, 5) is 12.8. The molecule has 0 saturated heterocycles. The van der Waals surface area contributed by atoms with Gasteiger partial charge in [0.25, 0.3) is 5.91 Å². The zero-order chi connectivity index (χ0) is 16.6. The number of carbonyl (C=O) groups is 1. The fraction of sp³-hybridized carbons (Fsp3) is 0.737. The van der Waals surface area contributed by atoms with Crippen LogP contribution in [0.1, 0.15) is 79.7 Å². The summed E-state index contributed by atoms with van der Waals surface area (Å²) in [6, 6.07) is 2.56. The lowest BCUT2D eigenvalue weighted by Gasteiger charge is -2.29. The van der Waals surface area contributed by atoms with Crippen molar-refractivity contribution in [2.75, 3.05) is 6.61 Å². The average molecular weight is 318 g/mol. The van der Waals surface area contributed by atoms with Crippen LogP contribution in [-0.2, 0) is 0 Å². The summed E-state index contributed by atoms with van der Waals surface area (Å²) in [5, 5.41) is 12.8. The zero-order valence-corrected chi connectivity index (χ0v) is 14.7. The van der Waals surface area contributed by atoms with Crippen molar-refractivity contribution < 1.29 is 9.90 Å². The molecule has 3 rings (SSSR count). The van der Waals surface area contributed by atoms with E-state index < -0.39 is 5.54 Å². The van der Waals surface area contributed by atoms with Gasteiger partial charge in [-0.2, -0.15) is 0 Å². The van der Waals surface area contributed by atoms with Crippen LogP contribution in [0.4, 0.5) is 0 Å². The second kappa shape index (κ2) is 6.31. The van der Waals surface area contributed by atoms with Crippen LogP contribution in [0.15, 0.2) is 6.07 Å². The molecular formula is C19H30N2O2. The minimum Gasteiger partial charge on any atom is -0.394 e. The maximum atomic E-state index is 12.8. The summed E-state index contributed by atoms with van der Waals surface area (Å²) in [6.45, 7) is 6.13. The Morgan fingerprint density at radius 2 is 1.91 bits per heavy atom. The Morgan fingerprint density at radius 1 is 1.26 bits per heavy atom. The van der Waals surface area contributed by atoms with Crippen molar-refractivity contribution in [1.82, 2.24) is 9.88 Å². The monoisotopic (exact) mass is 318 g/mol. The molecule has 1 atom stereocenters. The number of amides is 1. The van der Waals surface area contributed by atoms with E-state index in [-0.39, 0.29) is 12.5 Å². The number of nitrogens with zero attached hydrogens (tertiary/aromatic N) is 1. The number of aliphatic hydroxyl groups excluding tert-OH is 1. The second-order valence-electron chi connectivity index (χ2n) is 7.75. The maximum Gasteiger partial charge on any atom is 0.253 e. The first-order chi connectivity index (χ1) is 11.0. The molecule has 23 heavy (non-hydrogen) atoms. The van der Waals surface area contributed by atoms with Crippen molar-refractivity contribution in [3.63, 3.8) is 0 Å². The van der Waals surface area contributed by atoms with Crippen LogP contribution in [0, 0.1) is 19.8 Å². The Kier molecular flexibility index (Phi) is 4.54. The summed E-state index contributed by atoms with van der Waals surface area (Å²) in [5.41, 5.74) is 2.54. The molecule has 2 aliphatic rings. The van der Waals surface area contributed by atoms with Crippen molar-refractivity contribution in [2.45, 2.75) is 77.3 Å². The standard InChI is InChI=1S/C19H30N2O2/c1-13-11-17(14(2)21(13)16-7-5-4-6-8-16)18(23)20-19(3,12-22)15-9-10-15/h11,15-16,22H,4-10,12H2,1-3H3,(H,20,23). The van der Waals surface area contributed by atoms with Crippen molar-refractivity contribution in [3.05, 3.63) is 23.0 Å². The van der Waals surface area contributed by atoms with Gasteiger partial charge < -0.3 is 15.0 Å². The van der Waals surface area contributed by atoms with Gasteiger partial charge in [-0.3, -0.25) is 4.79 Å². The molecular weight excluding hydrogens is 288 g/mol. The number of hydrogen-bond donors (Lipinski definition) is 2. The summed E-state index contributed by atoms with van der Waals surface area (Å²) < 4.78 is 2.36. The number of aliphatic hydroxyl groups is 1. The largest absolute Gasteiger partial charge is 0.394 e. The van der Waals surface area contributed by atoms with E-state index in [2.05, 4.69) is 23.7 Å². The van der Waals surface area contributed by atoms with E-state index in [4.69, 9.17) is 0 Å². The highest BCUT2D eigenvalue weighted by Crippen LogP contribution is 2.39. The SMILES string of the molecule is Cc1cc(C(=O)NC(C)(CO)C2CC2)c(C)n1C1CCCCC1. The molecule has 0 radical (unpaired) electrons. The fourth-order valence-corrected chi connectivity index (χ4v) is 4.23. The van der Waals surface area contributed by atoms with Gasteiger partial charge in [-0.05, 0) is 58.4 Å². The first kappa shape index (κ1) is 16.6. The van der Waals surface area contributed by atoms with E-state index in [0.29, 0.717) is 12.0 Å². The first-order valence-electron chi connectivity index (χ1n) is 9.08. The first-order valence-corrected chi connectivity index (χ1v) is 9.08. The number of aryl methyl sites for hydroxylation is 1. The fourth-order valence-electron chi connectivity index (χ4n) is 4.23. The van der Waals surface area contributed by atoms with Crippen molar-refractivity contribution in [2.24, 2.45) is 5.92 Å². The van der Waals surface area contributed by atoms with E-state index in [1.54, 1.807) is 0 Å². The van der Waals surface area contributed by atoms with E-state index in [9.17, 15) is 9.90 Å². The Balaban J connectivity index is 1.81. The minimum absolute atomic E-state index is 0.00473. The van der Waals surface area contributed by atoms with Gasteiger partial charge in [-0.1, -0.05) is 19.3 Å². The minimum atomic E-state index is -0.482. The third kappa shape index (κ3) is 3.18. The van der Waals surface area contributed by atoms with Gasteiger partial charge in [0.2, 0.25) is 0 Å². The van der Waals surface area contributed by atoms with Gasteiger partial charge in [0.1, 0.15) is 0 Å². The van der Waals surface area contributed by atoms with E-state index in [1.807, 2.05) is 13.0 Å². The molecule has 0 aliphatic heterocycles. The lowest BCUT2D eigenvalue weighted by molar-refractivity contribution is 0.0823. The van der Waals surface area contributed by atoms with Gasteiger partial charge in [-0.25, -0.2) is 0 Å². The van der Waals surface area contributed by atoms with Gasteiger partial charge >= 0.3 is 0 Å². The number of hydrogen-bond acceptors (Lipinski definition) is 2. The lowest BCUT2D eigenvalue weighted by Crippen LogP contribution is -2.50. The van der Waals surface area contributed by atoms with Gasteiger partial charge in [0.05, 0.1) is 17.7 Å². The Bertz CT molecular complexity index is 582. The second-order valence-corrected chi connectivity index (χ2v) is 7.75. The van der Waals surface area contributed by atoms with E-state index >= 15 is 0 Å². The lowest BCUT2D eigenvalue weighted by atomic mass is 9.95. The highest BCUT2D eigenvalue weighted by atomic mass is 16.3. The van der Waals surface area contributed by atoms with Crippen LogP contribution >= 0.6 is 0 Å². The Hall–Kier alpha value is -1.29. The van der Waals surface area contributed by atoms with E-state index in [0.717, 1.165) is 24.1 Å². The molecule has 4 nitrogen and oxygen atoms in total. The summed E-state index contributed by atoms with van der Waals surface area (Å²) in [6.07, 6.45) is 8.53. The van der Waals surface area contributed by atoms with Gasteiger partial charge in [-0.15, -0.1) is 0 Å². The summed E-state index contributed by atoms with van der Waals surface area (Å²) >= 11 is 0. The molecule has 1 aromatic heterocycles. The molecule has 2 fully saturated rings. The smallest absolute Gasteiger partial charge is 0.253 e. The van der Waals surface area contributed by atoms with Gasteiger partial charge in [0, 0.05) is 17.4 Å². The molecule has 1 heterocycles. The van der Waals surface area contributed by atoms with Crippen LogP contribution in [0.3, 0.4) is 0 Å². The average Bonchev–Trinajstić information content (AvgIpc) is 3.35. The maximum absolute atomic E-state index is 12.8. The molecule has 1 unspecified atom stereocenters. The molecule has 1 amide bonds. The number of carbonyl (C=O) groups excluding carboxylic acids is 1. The quantitative estimate of drug-likeness (QED) is 0.873. The molecule has 1 aromatic rings. The molecule has 2 aliphatic carbocycles. The van der Waals surface area contributed by atoms with Crippen LogP contribution < -0.4 is 5.32 Å². The molecule has 4 heteroatoms. The van der Waals surface area contributed by atoms with Crippen LogP contribution in [0.2, 0.25) is 0 Å². The molecule has 2 N–H and O–H groups in total. The van der Waals surface area contributed by atoms with Crippen molar-refractivity contribution >= 4 is 5.91 Å². The number of aromatic nitrogens is 1. The van der Waals surface area contributed by atoms with Crippen molar-refractivity contribution in [1.29, 1.82) is 0 Å². The highest BCUT2D eigenvalue weighted by Gasteiger charge is 2.42. The normalized spacial score (nSPS) is 21.9. The summed E-state index contributed by atoms with van der Waals surface area (Å²) in [7, 11) is 0. The predicted octanol–water partition coefficient (Wildman–Crippen LogP) is 3.50. The highest BCUT2D eigenvalue weighted by molar-refractivity contribution is 5.96. The number of nitrogens with one attached hydrogen (secondary N) is 1. The molecule has 0 bridgehead atoms. The summed E-state index contributed by atoms with van der Waals surface area (Å²) in [5.74, 6) is 0.377. The molecule has 2 saturated carbocycles. The van der Waals surface area contributed by atoms with Crippen LogP contribution in [0.25, 0.3) is 0 Å². The van der Waals surface area contributed by atoms with Gasteiger partial charge in [0.15, 0.2) is 0 Å². The Labute approximate surface area is 139 Å². The number of rotatable bonds is 5. The van der Waals surface area contributed by atoms with Crippen molar-refractivity contribution in [3.8, 4) is 0 Å². The van der Waals surface area contributed by atoms with Crippen LogP contribution in [0.5, 0.6) is 0 Å². The predicted molar refractivity (Wildman–Crippen MR) is 91.7 cm³/mol. The molecule has 0 spiro atoms. The zero-order valence-electron chi connectivity index (χ0n) is 14.7. The van der Waals surface area contributed by atoms with E-state index in [1.165, 1.54) is 37.8 Å². The topological polar surface area (TPSA) is 54.3 Å².